The Hall–Kier alpha value is -1.25. The lowest BCUT2D eigenvalue weighted by Crippen LogP contribution is -2.34. The lowest BCUT2D eigenvalue weighted by molar-refractivity contribution is -0.909. The number of nitrogens with two attached hydrogens (primary N) is 1. The Morgan fingerprint density at radius 3 is 2.82 bits per heavy atom. The van der Waals surface area contributed by atoms with Crippen molar-refractivity contribution in [1.82, 2.24) is 0 Å². The highest BCUT2D eigenvalue weighted by Crippen LogP contribution is 2.09. The van der Waals surface area contributed by atoms with E-state index in [1.54, 1.807) is 19.2 Å². The molecule has 0 atom stereocenters. The van der Waals surface area contributed by atoms with E-state index in [1.807, 2.05) is 6.92 Å². The molecule has 0 spiro atoms. The Balaban J connectivity index is 3.21. The zero-order chi connectivity index (χ0) is 8.43. The van der Waals surface area contributed by atoms with Gasteiger partial charge in [0.15, 0.2) is 0 Å². The van der Waals surface area contributed by atoms with Crippen LogP contribution in [0.15, 0.2) is 12.3 Å². The van der Waals surface area contributed by atoms with Gasteiger partial charge in [-0.1, -0.05) is 6.92 Å². The molecule has 0 bridgehead atoms. The van der Waals surface area contributed by atoms with Crippen molar-refractivity contribution in [3.05, 3.63) is 23.5 Å². The molecule has 3 nitrogen and oxygen atoms in total. The molecule has 1 aromatic rings. The maximum atomic E-state index is 9.22. The molecular weight excluding hydrogens is 140 g/mol. The minimum Gasteiger partial charge on any atom is -0.398 e. The van der Waals surface area contributed by atoms with Crippen molar-refractivity contribution < 1.29 is 9.94 Å². The topological polar surface area (TPSA) is 50.1 Å². The van der Waals surface area contributed by atoms with E-state index in [2.05, 4.69) is 0 Å². The highest BCUT2D eigenvalue weighted by Gasteiger charge is 2.08. The summed E-state index contributed by atoms with van der Waals surface area (Å²) in [7, 11) is 0. The van der Waals surface area contributed by atoms with Gasteiger partial charge in [-0.2, -0.15) is 0 Å². The van der Waals surface area contributed by atoms with Gasteiger partial charge in [-0.15, -0.1) is 0 Å². The number of aryl methyl sites for hydroxylation is 2. The van der Waals surface area contributed by atoms with Crippen LogP contribution < -0.4 is 10.5 Å². The Labute approximate surface area is 66.0 Å². The monoisotopic (exact) mass is 153 g/mol. The van der Waals surface area contributed by atoms with E-state index in [0.717, 1.165) is 28.1 Å². The van der Waals surface area contributed by atoms with Crippen molar-refractivity contribution in [3.8, 4) is 0 Å². The van der Waals surface area contributed by atoms with Gasteiger partial charge in [-0.3, -0.25) is 5.21 Å². The molecule has 3 N–H and O–H groups in total. The summed E-state index contributed by atoms with van der Waals surface area (Å²) in [4.78, 5) is 0. The number of anilines is 1. The molecular formula is C8H13N2O+. The van der Waals surface area contributed by atoms with E-state index in [4.69, 9.17) is 5.73 Å². The summed E-state index contributed by atoms with van der Waals surface area (Å²) in [6.07, 6.45) is 2.48. The van der Waals surface area contributed by atoms with Gasteiger partial charge in [0.2, 0.25) is 11.9 Å². The van der Waals surface area contributed by atoms with E-state index in [-0.39, 0.29) is 0 Å². The quantitative estimate of drug-likeness (QED) is 0.460. The first kappa shape index (κ1) is 7.85. The molecule has 0 radical (unpaired) electrons. The summed E-state index contributed by atoms with van der Waals surface area (Å²) in [5.74, 6) is 0. The van der Waals surface area contributed by atoms with Crippen LogP contribution in [0.25, 0.3) is 0 Å². The molecule has 0 aromatic carbocycles. The molecule has 0 fully saturated rings. The van der Waals surface area contributed by atoms with Crippen LogP contribution in [0, 0.1) is 6.92 Å². The maximum absolute atomic E-state index is 9.22. The lowest BCUT2D eigenvalue weighted by Gasteiger charge is -1.98. The van der Waals surface area contributed by atoms with Crippen LogP contribution in [0.4, 0.5) is 5.69 Å². The predicted molar refractivity (Wildman–Crippen MR) is 42.3 cm³/mol. The van der Waals surface area contributed by atoms with Gasteiger partial charge in [0.05, 0.1) is 0 Å². The van der Waals surface area contributed by atoms with Crippen molar-refractivity contribution in [1.29, 1.82) is 0 Å². The Bertz CT molecular complexity index is 271. The predicted octanol–water partition coefficient (Wildman–Crippen LogP) is 0.664. The van der Waals surface area contributed by atoms with E-state index in [9.17, 15) is 5.21 Å². The molecule has 0 saturated carbocycles. The van der Waals surface area contributed by atoms with Crippen molar-refractivity contribution in [2.24, 2.45) is 0 Å². The fourth-order valence-electron chi connectivity index (χ4n) is 1.00. The normalized spacial score (nSPS) is 10.0. The van der Waals surface area contributed by atoms with E-state index in [1.165, 1.54) is 0 Å². The molecule has 1 rings (SSSR count). The number of hydrogen-bond acceptors (Lipinski definition) is 2. The van der Waals surface area contributed by atoms with Crippen LogP contribution in [-0.4, -0.2) is 5.21 Å². The average molecular weight is 153 g/mol. The molecule has 60 valence electrons. The zero-order valence-electron chi connectivity index (χ0n) is 6.83. The number of nitrogens with zero attached hydrogens (tertiary/aromatic N) is 1. The van der Waals surface area contributed by atoms with Gasteiger partial charge in [0.1, 0.15) is 0 Å². The average Bonchev–Trinajstić information content (AvgIpc) is 1.97. The fraction of sp³-hybridized carbons (Fsp3) is 0.375. The Morgan fingerprint density at radius 1 is 1.64 bits per heavy atom. The molecule has 1 aromatic heterocycles. The summed E-state index contributed by atoms with van der Waals surface area (Å²) in [5, 5.41) is 9.22. The van der Waals surface area contributed by atoms with E-state index < -0.39 is 0 Å². The highest BCUT2D eigenvalue weighted by molar-refractivity contribution is 5.44. The molecule has 1 heterocycles. The van der Waals surface area contributed by atoms with Crippen LogP contribution in [-0.2, 0) is 6.42 Å². The fourth-order valence-corrected chi connectivity index (χ4v) is 1.00. The first-order valence-corrected chi connectivity index (χ1v) is 3.65. The third kappa shape index (κ3) is 1.42. The van der Waals surface area contributed by atoms with Crippen LogP contribution in [0.1, 0.15) is 18.2 Å². The van der Waals surface area contributed by atoms with Crippen molar-refractivity contribution in [2.75, 3.05) is 5.73 Å². The first-order chi connectivity index (χ1) is 5.15. The highest BCUT2D eigenvalue weighted by atomic mass is 16.5. The third-order valence-electron chi connectivity index (χ3n) is 1.76. The van der Waals surface area contributed by atoms with E-state index >= 15 is 0 Å². The lowest BCUT2D eigenvalue weighted by atomic mass is 10.2. The zero-order valence-corrected chi connectivity index (χ0v) is 6.83. The minimum absolute atomic E-state index is 0.746. The van der Waals surface area contributed by atoms with Crippen LogP contribution in [0.3, 0.4) is 0 Å². The molecule has 0 unspecified atom stereocenters. The number of rotatable bonds is 1. The second-order valence-electron chi connectivity index (χ2n) is 2.59. The van der Waals surface area contributed by atoms with Crippen molar-refractivity contribution in [3.63, 3.8) is 0 Å². The molecule has 11 heavy (non-hydrogen) atoms. The smallest absolute Gasteiger partial charge is 0.233 e. The van der Waals surface area contributed by atoms with Gasteiger partial charge < -0.3 is 5.73 Å². The molecule has 0 amide bonds. The third-order valence-corrected chi connectivity index (χ3v) is 1.76. The number of nitrogen functional groups attached to an aromatic ring is 1. The Morgan fingerprint density at radius 2 is 2.27 bits per heavy atom. The number of pyridine rings is 1. The van der Waals surface area contributed by atoms with Crippen LogP contribution in [0.5, 0.6) is 0 Å². The SMILES string of the molecule is CCc1c[n+](O)c(C)cc1N. The summed E-state index contributed by atoms with van der Waals surface area (Å²) < 4.78 is 1.09. The maximum Gasteiger partial charge on any atom is 0.233 e. The first-order valence-electron chi connectivity index (χ1n) is 3.65. The van der Waals surface area contributed by atoms with Crippen molar-refractivity contribution >= 4 is 5.69 Å². The van der Waals surface area contributed by atoms with Gasteiger partial charge in [-0.05, 0) is 6.42 Å². The number of aromatic nitrogens is 1. The van der Waals surface area contributed by atoms with E-state index in [0.29, 0.717) is 0 Å². The summed E-state index contributed by atoms with van der Waals surface area (Å²) in [5.41, 5.74) is 8.14. The standard InChI is InChI=1S/C8H12N2O/c1-3-7-5-10(11)6(2)4-8(7)9/h4-5,9,11H,3H2,1-2H3/p+1. The van der Waals surface area contributed by atoms with Gasteiger partial charge in [-0.25, -0.2) is 0 Å². The summed E-state index contributed by atoms with van der Waals surface area (Å²) in [6, 6.07) is 1.76. The second kappa shape index (κ2) is 2.78. The van der Waals surface area contributed by atoms with Crippen LogP contribution >= 0.6 is 0 Å². The summed E-state index contributed by atoms with van der Waals surface area (Å²) in [6.45, 7) is 3.80. The second-order valence-corrected chi connectivity index (χ2v) is 2.59. The van der Waals surface area contributed by atoms with Crippen LogP contribution in [0.2, 0.25) is 0 Å². The Kier molecular flexibility index (Phi) is 1.98. The largest absolute Gasteiger partial charge is 0.398 e. The van der Waals surface area contributed by atoms with Gasteiger partial charge >= 0.3 is 0 Å². The van der Waals surface area contributed by atoms with Crippen molar-refractivity contribution in [2.45, 2.75) is 20.3 Å². The molecule has 0 aliphatic rings. The van der Waals surface area contributed by atoms with Gasteiger partial charge in [0, 0.05) is 29.0 Å². The van der Waals surface area contributed by atoms with Gasteiger partial charge in [0.25, 0.3) is 0 Å². The molecule has 3 heteroatoms. The molecule has 0 aliphatic carbocycles. The number of hydrogen-bond donors (Lipinski definition) is 2. The molecule has 0 saturated heterocycles. The summed E-state index contributed by atoms with van der Waals surface area (Å²) >= 11 is 0. The minimum atomic E-state index is 0.746. The molecule has 0 aliphatic heterocycles.